The van der Waals surface area contributed by atoms with Crippen LogP contribution in [0.5, 0.6) is 0 Å². The van der Waals surface area contributed by atoms with Crippen LogP contribution in [0, 0.1) is 62.3 Å². The first-order valence-electron chi connectivity index (χ1n) is 23.4. The van der Waals surface area contributed by atoms with Crippen LogP contribution in [-0.4, -0.2) is 44.9 Å². The summed E-state index contributed by atoms with van der Waals surface area (Å²) in [4.78, 5) is 65.2. The highest BCUT2D eigenvalue weighted by Gasteiger charge is 2.10. The third kappa shape index (κ3) is 15.1. The Morgan fingerprint density at radius 2 is 0.844 bits per heavy atom. The summed E-state index contributed by atoms with van der Waals surface area (Å²) in [6.45, 7) is 18.2. The average molecular weight is 1100 g/mol. The van der Waals surface area contributed by atoms with E-state index in [2.05, 4.69) is 114 Å². The van der Waals surface area contributed by atoms with Crippen molar-refractivity contribution < 1.29 is 13.3 Å². The highest BCUT2D eigenvalue weighted by molar-refractivity contribution is 6.32. The van der Waals surface area contributed by atoms with Crippen LogP contribution < -0.4 is 44.7 Å². The van der Waals surface area contributed by atoms with E-state index >= 15 is 0 Å². The summed E-state index contributed by atoms with van der Waals surface area (Å²) in [5, 5.41) is 10.4. The van der Waals surface area contributed by atoms with Crippen LogP contribution in [0.3, 0.4) is 0 Å². The number of benzene rings is 5. The van der Waals surface area contributed by atoms with Crippen LogP contribution in [0.4, 0.5) is 46.0 Å². The smallest absolute Gasteiger partial charge is 0.408 e. The molecular weight excluding hydrogens is 1050 g/mol. The molecule has 0 amide bonds. The van der Waals surface area contributed by atoms with Crippen LogP contribution in [0.25, 0.3) is 33.3 Å². The number of aromatic amines is 3. The number of nitrogen functional groups attached to an aromatic ring is 2. The molecule has 77 heavy (non-hydrogen) atoms. The van der Waals surface area contributed by atoms with Crippen molar-refractivity contribution in [2.75, 3.05) is 27.4 Å². The van der Waals surface area contributed by atoms with E-state index in [1.165, 1.54) is 33.4 Å². The summed E-state index contributed by atoms with van der Waals surface area (Å²) in [7, 11) is 0. The second-order valence-corrected chi connectivity index (χ2v) is 18.7. The van der Waals surface area contributed by atoms with Gasteiger partial charge in [0.15, 0.2) is 16.7 Å². The maximum Gasteiger partial charge on any atom is 0.417 e. The van der Waals surface area contributed by atoms with Gasteiger partial charge >= 0.3 is 17.3 Å². The van der Waals surface area contributed by atoms with Crippen molar-refractivity contribution in [1.29, 1.82) is 0 Å². The van der Waals surface area contributed by atoms with Crippen molar-refractivity contribution in [3.05, 3.63) is 195 Å². The van der Waals surface area contributed by atoms with Crippen molar-refractivity contribution in [3.8, 4) is 0 Å². The first-order chi connectivity index (χ1) is 36.6. The normalized spacial score (nSPS) is 10.6. The van der Waals surface area contributed by atoms with Gasteiger partial charge in [0.25, 0.3) is 0 Å². The van der Waals surface area contributed by atoms with Crippen molar-refractivity contribution in [2.24, 2.45) is 0 Å². The number of anilines is 8. The molecule has 396 valence electrons. The Bertz CT molecular complexity index is 4040. The van der Waals surface area contributed by atoms with Gasteiger partial charge in [-0.25, -0.2) is 39.3 Å². The van der Waals surface area contributed by atoms with E-state index in [-0.39, 0.29) is 10.6 Å². The lowest BCUT2D eigenvalue weighted by Gasteiger charge is -2.13. The van der Waals surface area contributed by atoms with E-state index in [1.54, 1.807) is 61.1 Å². The van der Waals surface area contributed by atoms with Crippen molar-refractivity contribution in [3.63, 3.8) is 0 Å². The molecule has 0 saturated heterocycles. The number of fused-ring (bicyclic) bond motifs is 3. The van der Waals surface area contributed by atoms with Gasteiger partial charge in [-0.15, -0.1) is 0 Å². The molecule has 0 unspecified atom stereocenters. The quantitative estimate of drug-likeness (QED) is 0.0436. The predicted octanol–water partition coefficient (Wildman–Crippen LogP) is 12.2. The first kappa shape index (κ1) is 55.8. The lowest BCUT2D eigenvalue weighted by atomic mass is 10.0. The van der Waals surface area contributed by atoms with Crippen molar-refractivity contribution >= 4 is 114 Å². The van der Waals surface area contributed by atoms with Crippen molar-refractivity contribution in [1.82, 2.24) is 44.9 Å². The van der Waals surface area contributed by atoms with E-state index in [0.29, 0.717) is 61.7 Å². The molecule has 0 radical (unpaired) electrons. The van der Waals surface area contributed by atoms with Gasteiger partial charge in [0, 0.05) is 63.7 Å². The second-order valence-electron chi connectivity index (χ2n) is 17.6. The van der Waals surface area contributed by atoms with Gasteiger partial charge in [-0.2, -0.15) is 4.98 Å². The highest BCUT2D eigenvalue weighted by Crippen LogP contribution is 2.26. The van der Waals surface area contributed by atoms with Crippen LogP contribution in [0.1, 0.15) is 50.1 Å². The first-order valence-corrected chi connectivity index (χ1v) is 24.5. The minimum Gasteiger partial charge on any atom is -0.408 e. The fourth-order valence-electron chi connectivity index (χ4n) is 7.19. The predicted molar refractivity (Wildman–Crippen MR) is 306 cm³/mol. The zero-order valence-corrected chi connectivity index (χ0v) is 45.4. The summed E-state index contributed by atoms with van der Waals surface area (Å²) >= 11 is 16.7. The number of nitrogens with zero attached hydrogens (tertiary/aromatic N) is 6. The monoisotopic (exact) mass is 1100 g/mol. The molecule has 6 heterocycles. The van der Waals surface area contributed by atoms with E-state index in [0.717, 1.165) is 39.4 Å². The molecule has 10 N–H and O–H groups in total. The van der Waals surface area contributed by atoms with E-state index in [4.69, 9.17) is 59.5 Å². The summed E-state index contributed by atoms with van der Waals surface area (Å²) in [5.41, 5.74) is 28.7. The van der Waals surface area contributed by atoms with Crippen LogP contribution in [0.2, 0.25) is 15.7 Å². The topological polar surface area (TPSA) is 303 Å². The van der Waals surface area contributed by atoms with E-state index in [9.17, 15) is 14.4 Å². The Labute approximate surface area is 454 Å². The number of aromatic nitrogens is 9. The highest BCUT2D eigenvalue weighted by atomic mass is 35.5. The SMILES string of the molecule is Cc1cc(N)cc(C)c1C.Cc1cnc(Cl)nc1Cl.Cc1cnc(Cl)nc1Nc1ccc2oc(=O)[nH]c2c1.Cc1cnc(Nc2cc(C)c(C)c(C)c2)nc1Nc1ccc2oc(=O)[nH]c2c1.Nc1ccc2oc(=O)[nH]c2c1. The molecule has 0 fully saturated rings. The zero-order chi connectivity index (χ0) is 55.7. The molecule has 0 aliphatic rings. The molecule has 20 nitrogen and oxygen atoms in total. The molecule has 0 spiro atoms. The largest absolute Gasteiger partial charge is 0.417 e. The maximum atomic E-state index is 11.3. The van der Waals surface area contributed by atoms with E-state index in [1.807, 2.05) is 45.0 Å². The molecular formula is C54H53Cl3N14O6. The molecule has 0 aliphatic carbocycles. The van der Waals surface area contributed by atoms with Crippen LogP contribution >= 0.6 is 34.8 Å². The summed E-state index contributed by atoms with van der Waals surface area (Å²) in [6.07, 6.45) is 4.98. The molecule has 0 atom stereocenters. The number of halogens is 3. The third-order valence-electron chi connectivity index (χ3n) is 11.7. The summed E-state index contributed by atoms with van der Waals surface area (Å²) in [5.74, 6) is 0.404. The zero-order valence-electron chi connectivity index (χ0n) is 43.2. The van der Waals surface area contributed by atoms with Gasteiger partial charge in [-0.3, -0.25) is 15.0 Å². The van der Waals surface area contributed by atoms with Gasteiger partial charge < -0.3 is 40.7 Å². The summed E-state index contributed by atoms with van der Waals surface area (Å²) < 4.78 is 14.7. The Balaban J connectivity index is 0.000000151. The summed E-state index contributed by atoms with van der Waals surface area (Å²) in [6, 6.07) is 23.8. The van der Waals surface area contributed by atoms with Crippen LogP contribution in [0.15, 0.2) is 125 Å². The number of hydrogen-bond acceptors (Lipinski definition) is 17. The molecule has 11 rings (SSSR count). The minimum absolute atomic E-state index is 0.172. The fraction of sp³-hybridized carbons (Fsp3) is 0.167. The number of rotatable bonds is 6. The average Bonchev–Trinajstić information content (AvgIpc) is 4.07. The molecule has 23 heteroatoms. The van der Waals surface area contributed by atoms with Gasteiger partial charge in [0.05, 0.1) is 16.6 Å². The Kier molecular flexibility index (Phi) is 17.8. The third-order valence-corrected chi connectivity index (χ3v) is 12.5. The van der Waals surface area contributed by atoms with Gasteiger partial charge in [0.1, 0.15) is 16.8 Å². The molecule has 0 bridgehead atoms. The Hall–Kier alpha value is -8.98. The molecule has 6 aromatic heterocycles. The number of nitrogens with two attached hydrogens (primary N) is 2. The number of hydrogen-bond donors (Lipinski definition) is 8. The standard InChI is InChI=1S/C21H21N5O2.C12H9ClN4O2.C9H13N.C7H6N2O2.C5H4Cl2N2/c1-11-7-16(8-12(2)14(11)4)24-20-22-10-13(3)19(26-20)23-15-5-6-18-17(9-15)25-21(27)28-18;1-6-5-14-11(13)17-10(6)15-7-2-3-9-8(4-7)16-12(18)19-9;1-6-4-9(10)5-7(2)8(6)3;8-4-1-2-6-5(3-4)9-7(10)11-6;1-3-2-8-5(7)9-4(3)6/h5-10H,1-4H3,(H,25,27)(H2,22,23,24,26);2-5H,1H3,(H,16,18)(H,14,15,17);4-5H,10H2,1-3H3;1-3H,8H2,(H,9,10);2H,1H3. The Morgan fingerprint density at radius 3 is 1.32 bits per heavy atom. The van der Waals surface area contributed by atoms with Gasteiger partial charge in [0.2, 0.25) is 16.5 Å². The maximum absolute atomic E-state index is 11.3. The molecule has 11 aromatic rings. The van der Waals surface area contributed by atoms with E-state index < -0.39 is 17.3 Å². The van der Waals surface area contributed by atoms with Crippen LogP contribution in [-0.2, 0) is 0 Å². The Morgan fingerprint density at radius 1 is 0.429 bits per heavy atom. The lowest BCUT2D eigenvalue weighted by molar-refractivity contribution is 0.555. The molecule has 0 aliphatic heterocycles. The molecule has 0 saturated carbocycles. The molecule has 5 aromatic carbocycles. The number of oxazole rings is 3. The number of aryl methyl sites for hydroxylation is 7. The number of H-pyrrole nitrogens is 3. The van der Waals surface area contributed by atoms with Gasteiger partial charge in [-0.05, 0) is 198 Å². The van der Waals surface area contributed by atoms with Gasteiger partial charge in [-0.1, -0.05) is 11.6 Å². The second kappa shape index (κ2) is 24.6. The van der Waals surface area contributed by atoms with Crippen molar-refractivity contribution in [2.45, 2.75) is 62.3 Å². The number of nitrogens with one attached hydrogen (secondary N) is 6. The minimum atomic E-state index is -0.478. The lowest BCUT2D eigenvalue weighted by Crippen LogP contribution is -2.03. The fourth-order valence-corrected chi connectivity index (χ4v) is 7.62.